The molecule has 4 heterocycles. The van der Waals surface area contributed by atoms with Crippen LogP contribution in [0.25, 0.3) is 33.6 Å². The molecule has 34 heavy (non-hydrogen) atoms. The Hall–Kier alpha value is -3.76. The molecule has 10 nitrogen and oxygen atoms in total. The normalized spacial score (nSPS) is 14.0. The van der Waals surface area contributed by atoms with E-state index < -0.39 is 6.09 Å². The monoisotopic (exact) mass is 462 g/mol. The van der Waals surface area contributed by atoms with Gasteiger partial charge in [-0.1, -0.05) is 12.1 Å². The lowest BCUT2D eigenvalue weighted by molar-refractivity contribution is 0.122. The average Bonchev–Trinajstić information content (AvgIpc) is 3.25. The number of hydrogen-bond acceptors (Lipinski definition) is 9. The fourth-order valence-corrected chi connectivity index (χ4v) is 3.88. The molecule has 1 saturated heterocycles. The van der Waals surface area contributed by atoms with Crippen LogP contribution in [0.5, 0.6) is 5.75 Å². The number of fused-ring (bicyclic) bond motifs is 3. The number of nitrogens with zero attached hydrogens (tertiary/aromatic N) is 4. The van der Waals surface area contributed by atoms with Crippen LogP contribution in [0, 0.1) is 0 Å². The Kier molecular flexibility index (Phi) is 6.50. The van der Waals surface area contributed by atoms with Crippen molar-refractivity contribution in [2.24, 2.45) is 5.73 Å². The molecule has 4 aromatic rings. The maximum atomic E-state index is 12.1. The van der Waals surface area contributed by atoms with E-state index in [4.69, 9.17) is 29.6 Å². The van der Waals surface area contributed by atoms with Crippen LogP contribution in [0.1, 0.15) is 12.8 Å². The van der Waals surface area contributed by atoms with Gasteiger partial charge in [-0.3, -0.25) is 0 Å². The topological polar surface area (TPSA) is 129 Å². The second-order valence-electron chi connectivity index (χ2n) is 7.95. The van der Waals surface area contributed by atoms with Gasteiger partial charge in [0, 0.05) is 31.4 Å². The number of morpholine rings is 1. The highest BCUT2D eigenvalue weighted by Crippen LogP contribution is 2.34. The van der Waals surface area contributed by atoms with Gasteiger partial charge in [-0.2, -0.15) is 0 Å². The van der Waals surface area contributed by atoms with E-state index in [1.54, 1.807) is 18.3 Å². The number of hydrogen-bond donors (Lipinski definition) is 2. The predicted molar refractivity (Wildman–Crippen MR) is 128 cm³/mol. The van der Waals surface area contributed by atoms with E-state index in [9.17, 15) is 4.79 Å². The summed E-state index contributed by atoms with van der Waals surface area (Å²) in [5.74, 6) is 1.61. The first-order chi connectivity index (χ1) is 16.7. The van der Waals surface area contributed by atoms with Gasteiger partial charge in [0.05, 0.1) is 18.6 Å². The summed E-state index contributed by atoms with van der Waals surface area (Å²) in [6.07, 6.45) is 2.83. The third kappa shape index (κ3) is 4.63. The van der Waals surface area contributed by atoms with Crippen LogP contribution in [0.2, 0.25) is 0 Å². The fraction of sp³-hybridized carbons (Fsp3) is 0.333. The molecular weight excluding hydrogens is 436 g/mol. The summed E-state index contributed by atoms with van der Waals surface area (Å²) in [4.78, 5) is 28.3. The molecule has 1 aromatic carbocycles. The largest absolute Gasteiger partial charge is 0.432 e. The molecule has 0 bridgehead atoms. The number of carbonyl (C=O) groups excluding carboxylic acids is 1. The third-order valence-electron chi connectivity index (χ3n) is 5.59. The number of carbonyl (C=O) groups is 1. The maximum Gasteiger partial charge on any atom is 0.412 e. The van der Waals surface area contributed by atoms with E-state index in [-0.39, 0.29) is 0 Å². The van der Waals surface area contributed by atoms with Crippen LogP contribution < -0.4 is 20.7 Å². The van der Waals surface area contributed by atoms with Gasteiger partial charge in [-0.05, 0) is 43.7 Å². The number of rotatable bonds is 7. The van der Waals surface area contributed by atoms with Crippen LogP contribution >= 0.6 is 0 Å². The quantitative estimate of drug-likeness (QED) is 0.398. The number of anilines is 1. The van der Waals surface area contributed by atoms with Crippen molar-refractivity contribution >= 4 is 34.1 Å². The number of aromatic nitrogens is 3. The lowest BCUT2D eigenvalue weighted by Gasteiger charge is -2.27. The van der Waals surface area contributed by atoms with Crippen molar-refractivity contribution in [1.82, 2.24) is 20.3 Å². The van der Waals surface area contributed by atoms with Crippen LogP contribution in [-0.4, -0.2) is 60.4 Å². The number of pyridine rings is 1. The zero-order chi connectivity index (χ0) is 23.3. The molecule has 0 atom stereocenters. The molecule has 0 saturated carbocycles. The van der Waals surface area contributed by atoms with Crippen molar-refractivity contribution in [3.63, 3.8) is 0 Å². The highest BCUT2D eigenvalue weighted by Gasteiger charge is 2.23. The number of ether oxygens (including phenoxy) is 2. The second-order valence-corrected chi connectivity index (χ2v) is 7.95. The van der Waals surface area contributed by atoms with E-state index in [0.29, 0.717) is 73.6 Å². The van der Waals surface area contributed by atoms with Gasteiger partial charge < -0.3 is 29.8 Å². The first kappa shape index (κ1) is 22.1. The summed E-state index contributed by atoms with van der Waals surface area (Å²) in [5.41, 5.74) is 8.02. The first-order valence-electron chi connectivity index (χ1n) is 11.4. The van der Waals surface area contributed by atoms with Crippen molar-refractivity contribution in [3.05, 3.63) is 42.6 Å². The average molecular weight is 463 g/mol. The number of nitrogens with two attached hydrogens (primary N) is 1. The van der Waals surface area contributed by atoms with E-state index in [1.807, 2.05) is 24.3 Å². The number of amides is 1. The predicted octanol–water partition coefficient (Wildman–Crippen LogP) is 3.10. The highest BCUT2D eigenvalue weighted by molar-refractivity contribution is 6.05. The molecule has 3 N–H and O–H groups in total. The minimum absolute atomic E-state index is 0.407. The molecule has 176 valence electrons. The fourth-order valence-electron chi connectivity index (χ4n) is 3.88. The van der Waals surface area contributed by atoms with Crippen LogP contribution in [0.4, 0.5) is 10.6 Å². The lowest BCUT2D eigenvalue weighted by Crippen LogP contribution is -2.37. The van der Waals surface area contributed by atoms with E-state index in [0.717, 1.165) is 23.8 Å². The lowest BCUT2D eigenvalue weighted by atomic mass is 10.2. The molecule has 10 heteroatoms. The first-order valence-corrected chi connectivity index (χ1v) is 11.4. The molecular formula is C24H26N6O4. The Morgan fingerprint density at radius 3 is 2.88 bits per heavy atom. The van der Waals surface area contributed by atoms with Crippen molar-refractivity contribution < 1.29 is 18.7 Å². The summed E-state index contributed by atoms with van der Waals surface area (Å²) in [6, 6.07) is 11.0. The van der Waals surface area contributed by atoms with Crippen molar-refractivity contribution in [1.29, 1.82) is 0 Å². The van der Waals surface area contributed by atoms with Crippen molar-refractivity contribution in [2.45, 2.75) is 12.8 Å². The Balaban J connectivity index is 1.49. The van der Waals surface area contributed by atoms with E-state index >= 15 is 0 Å². The van der Waals surface area contributed by atoms with Gasteiger partial charge >= 0.3 is 6.09 Å². The smallest absolute Gasteiger partial charge is 0.412 e. The number of benzene rings is 1. The SMILES string of the molecule is NCCCCNC(=O)Oc1cccc(-c2nc(N3CCOCC3)c3oc4ncccc4c3n2)c1. The summed E-state index contributed by atoms with van der Waals surface area (Å²) in [7, 11) is 0. The van der Waals surface area contributed by atoms with Crippen LogP contribution in [0.15, 0.2) is 47.0 Å². The zero-order valence-corrected chi connectivity index (χ0v) is 18.7. The van der Waals surface area contributed by atoms with Gasteiger partial charge in [0.1, 0.15) is 11.3 Å². The summed E-state index contributed by atoms with van der Waals surface area (Å²) in [5, 5.41) is 3.55. The van der Waals surface area contributed by atoms with Crippen LogP contribution in [0.3, 0.4) is 0 Å². The molecule has 0 radical (unpaired) electrons. The number of unbranched alkanes of at least 4 members (excludes halogenated alkanes) is 1. The molecule has 1 aliphatic rings. The minimum Gasteiger partial charge on any atom is -0.432 e. The standard InChI is InChI=1S/C24H26N6O4/c25-8-1-2-9-27-24(31)33-17-6-3-5-16(15-17)21-28-19-18-7-4-10-26-23(18)34-20(19)22(29-21)30-11-13-32-14-12-30/h3-7,10,15H,1-2,8-9,11-14,25H2,(H,27,31). The number of furan rings is 1. The molecule has 0 aliphatic carbocycles. The molecule has 1 aliphatic heterocycles. The Bertz CT molecular complexity index is 1300. The van der Waals surface area contributed by atoms with Gasteiger partial charge in [0.25, 0.3) is 0 Å². The highest BCUT2D eigenvalue weighted by atomic mass is 16.6. The molecule has 1 amide bonds. The maximum absolute atomic E-state index is 12.1. The molecule has 5 rings (SSSR count). The van der Waals surface area contributed by atoms with E-state index in [1.165, 1.54) is 0 Å². The zero-order valence-electron chi connectivity index (χ0n) is 18.7. The van der Waals surface area contributed by atoms with E-state index in [2.05, 4.69) is 15.2 Å². The third-order valence-corrected chi connectivity index (χ3v) is 5.59. The second kappa shape index (κ2) is 10.0. The van der Waals surface area contributed by atoms with Gasteiger partial charge in [0.2, 0.25) is 5.71 Å². The van der Waals surface area contributed by atoms with Gasteiger partial charge in [-0.15, -0.1) is 0 Å². The molecule has 0 unspecified atom stereocenters. The Morgan fingerprint density at radius 1 is 1.15 bits per heavy atom. The van der Waals surface area contributed by atoms with Gasteiger partial charge in [0.15, 0.2) is 17.2 Å². The molecule has 3 aromatic heterocycles. The molecule has 0 spiro atoms. The Morgan fingerprint density at radius 2 is 2.03 bits per heavy atom. The van der Waals surface area contributed by atoms with Crippen molar-refractivity contribution in [3.8, 4) is 17.1 Å². The summed E-state index contributed by atoms with van der Waals surface area (Å²) < 4.78 is 17.0. The number of nitrogens with one attached hydrogen (secondary N) is 1. The summed E-state index contributed by atoms with van der Waals surface area (Å²) in [6.45, 7) is 3.73. The van der Waals surface area contributed by atoms with Crippen molar-refractivity contribution in [2.75, 3.05) is 44.3 Å². The van der Waals surface area contributed by atoms with Gasteiger partial charge in [-0.25, -0.2) is 19.7 Å². The summed E-state index contributed by atoms with van der Waals surface area (Å²) >= 11 is 0. The van der Waals surface area contributed by atoms with Crippen LogP contribution in [-0.2, 0) is 4.74 Å². The Labute approximate surface area is 196 Å². The molecule has 1 fully saturated rings. The minimum atomic E-state index is -0.508.